The van der Waals surface area contributed by atoms with E-state index in [9.17, 15) is 4.79 Å². The number of hydrogen-bond acceptors (Lipinski definition) is 5. The molecule has 1 saturated heterocycles. The summed E-state index contributed by atoms with van der Waals surface area (Å²) in [5, 5.41) is 10.4. The second-order valence-corrected chi connectivity index (χ2v) is 7.91. The van der Waals surface area contributed by atoms with Gasteiger partial charge in [-0.15, -0.1) is 0 Å². The van der Waals surface area contributed by atoms with Crippen LogP contribution >= 0.6 is 0 Å². The number of benzene rings is 2. The Bertz CT molecular complexity index is 868. The van der Waals surface area contributed by atoms with E-state index in [2.05, 4.69) is 40.2 Å². The van der Waals surface area contributed by atoms with Crippen LogP contribution < -0.4 is 20.7 Å². The highest BCUT2D eigenvalue weighted by Crippen LogP contribution is 2.47. The number of methoxy groups -OCH3 is 1. The minimum atomic E-state index is -0.0594. The summed E-state index contributed by atoms with van der Waals surface area (Å²) < 4.78 is 10.6. The summed E-state index contributed by atoms with van der Waals surface area (Å²) in [6.45, 7) is 4.69. The number of nitrogens with one attached hydrogen (secondary N) is 3. The topological polar surface area (TPSA) is 71.6 Å². The van der Waals surface area contributed by atoms with E-state index >= 15 is 0 Å². The molecule has 30 heavy (non-hydrogen) atoms. The van der Waals surface area contributed by atoms with Crippen molar-refractivity contribution in [1.82, 2.24) is 10.6 Å². The lowest BCUT2D eigenvalue weighted by Gasteiger charge is -2.44. The van der Waals surface area contributed by atoms with Crippen molar-refractivity contribution in [3.63, 3.8) is 0 Å². The van der Waals surface area contributed by atoms with E-state index < -0.39 is 0 Å². The average Bonchev–Trinajstić information content (AvgIpc) is 2.79. The second kappa shape index (κ2) is 9.49. The molecule has 1 fully saturated rings. The number of piperidine rings is 1. The Morgan fingerprint density at radius 2 is 2.00 bits per heavy atom. The first-order chi connectivity index (χ1) is 14.7. The molecule has 0 aromatic heterocycles. The standard InChI is InChI=1S/C24H31N3O3/c1-3-30-18-9-6-16(7-10-18)22-19-5-4-12-25-23(19)20-15-17(8-11-21(20)27-22)24(28)26-13-14-29-2/h6-11,15,19,22-23,25,27H,3-5,12-14H2,1-2H3,(H,26,28)/t19-,22?,23-/m0/s1. The molecule has 1 unspecified atom stereocenters. The molecule has 0 bridgehead atoms. The lowest BCUT2D eigenvalue weighted by atomic mass is 9.75. The zero-order valence-electron chi connectivity index (χ0n) is 17.7. The molecule has 0 spiro atoms. The van der Waals surface area contributed by atoms with E-state index in [0.717, 1.165) is 30.8 Å². The molecule has 0 radical (unpaired) electrons. The van der Waals surface area contributed by atoms with Crippen LogP contribution in [0.3, 0.4) is 0 Å². The maximum Gasteiger partial charge on any atom is 0.251 e. The number of carbonyl (C=O) groups is 1. The van der Waals surface area contributed by atoms with Crippen LogP contribution in [0.4, 0.5) is 5.69 Å². The molecule has 4 rings (SSSR count). The SMILES string of the molecule is CCOc1ccc(C2Nc3ccc(C(=O)NCCOC)cc3[C@H]3NCCC[C@@H]23)cc1. The van der Waals surface area contributed by atoms with Crippen molar-refractivity contribution >= 4 is 11.6 Å². The van der Waals surface area contributed by atoms with Crippen molar-refractivity contribution in [2.45, 2.75) is 31.8 Å². The predicted octanol–water partition coefficient (Wildman–Crippen LogP) is 3.67. The molecule has 2 aromatic rings. The maximum absolute atomic E-state index is 12.5. The number of anilines is 1. The molecular formula is C24H31N3O3. The molecule has 0 aliphatic carbocycles. The van der Waals surface area contributed by atoms with Crippen molar-refractivity contribution < 1.29 is 14.3 Å². The van der Waals surface area contributed by atoms with Crippen LogP contribution in [0.15, 0.2) is 42.5 Å². The van der Waals surface area contributed by atoms with Crippen molar-refractivity contribution in [2.75, 3.05) is 38.7 Å². The van der Waals surface area contributed by atoms with Crippen LogP contribution in [0.25, 0.3) is 0 Å². The summed E-state index contributed by atoms with van der Waals surface area (Å²) in [4.78, 5) is 12.5. The molecule has 3 N–H and O–H groups in total. The van der Waals surface area contributed by atoms with Gasteiger partial charge in [-0.1, -0.05) is 12.1 Å². The Labute approximate surface area is 178 Å². The van der Waals surface area contributed by atoms with Crippen molar-refractivity contribution in [2.24, 2.45) is 5.92 Å². The number of carbonyl (C=O) groups excluding carboxylic acids is 1. The molecular weight excluding hydrogens is 378 g/mol. The van der Waals surface area contributed by atoms with Gasteiger partial charge in [-0.3, -0.25) is 4.79 Å². The van der Waals surface area contributed by atoms with Gasteiger partial charge in [0, 0.05) is 36.9 Å². The zero-order chi connectivity index (χ0) is 20.9. The number of amides is 1. The quantitative estimate of drug-likeness (QED) is 0.609. The van der Waals surface area contributed by atoms with Gasteiger partial charge >= 0.3 is 0 Å². The predicted molar refractivity (Wildman–Crippen MR) is 118 cm³/mol. The third-order valence-corrected chi connectivity index (χ3v) is 6.04. The number of ether oxygens (including phenoxy) is 2. The van der Waals surface area contributed by atoms with Gasteiger partial charge in [0.05, 0.1) is 19.3 Å². The van der Waals surface area contributed by atoms with E-state index in [1.165, 1.54) is 11.1 Å². The monoisotopic (exact) mass is 409 g/mol. The largest absolute Gasteiger partial charge is 0.494 e. The molecule has 3 atom stereocenters. The third-order valence-electron chi connectivity index (χ3n) is 6.04. The van der Waals surface area contributed by atoms with Crippen LogP contribution in [-0.4, -0.2) is 39.3 Å². The molecule has 2 aliphatic rings. The summed E-state index contributed by atoms with van der Waals surface area (Å²) >= 11 is 0. The van der Waals surface area contributed by atoms with Gasteiger partial charge < -0.3 is 25.4 Å². The summed E-state index contributed by atoms with van der Waals surface area (Å²) in [5.41, 5.74) is 4.24. The van der Waals surface area contributed by atoms with Gasteiger partial charge in [0.25, 0.3) is 5.91 Å². The van der Waals surface area contributed by atoms with E-state index in [1.807, 2.05) is 25.1 Å². The molecule has 1 amide bonds. The van der Waals surface area contributed by atoms with Crippen molar-refractivity contribution in [3.05, 3.63) is 59.2 Å². The smallest absolute Gasteiger partial charge is 0.251 e. The lowest BCUT2D eigenvalue weighted by Crippen LogP contribution is -2.42. The molecule has 6 nitrogen and oxygen atoms in total. The minimum absolute atomic E-state index is 0.0594. The molecule has 160 valence electrons. The van der Waals surface area contributed by atoms with Gasteiger partial charge in [-0.05, 0) is 67.8 Å². The van der Waals surface area contributed by atoms with Crippen LogP contribution in [0.1, 0.15) is 53.3 Å². The summed E-state index contributed by atoms with van der Waals surface area (Å²) in [5.74, 6) is 1.27. The first-order valence-electron chi connectivity index (χ1n) is 10.8. The Hall–Kier alpha value is -2.57. The fourth-order valence-electron chi connectivity index (χ4n) is 4.62. The van der Waals surface area contributed by atoms with E-state index in [0.29, 0.717) is 31.2 Å². The summed E-state index contributed by atoms with van der Waals surface area (Å²) in [7, 11) is 1.63. The van der Waals surface area contributed by atoms with Crippen LogP contribution in [0.5, 0.6) is 5.75 Å². The molecule has 2 aromatic carbocycles. The van der Waals surface area contributed by atoms with Gasteiger partial charge in [0.2, 0.25) is 0 Å². The van der Waals surface area contributed by atoms with Gasteiger partial charge in [0.1, 0.15) is 5.75 Å². The number of hydrogen-bond donors (Lipinski definition) is 3. The second-order valence-electron chi connectivity index (χ2n) is 7.91. The number of rotatable bonds is 7. The van der Waals surface area contributed by atoms with E-state index in [4.69, 9.17) is 9.47 Å². The summed E-state index contributed by atoms with van der Waals surface area (Å²) in [6, 6.07) is 14.9. The first kappa shape index (κ1) is 20.7. The third kappa shape index (κ3) is 4.30. The highest BCUT2D eigenvalue weighted by Gasteiger charge is 2.39. The van der Waals surface area contributed by atoms with E-state index in [-0.39, 0.29) is 18.0 Å². The lowest BCUT2D eigenvalue weighted by molar-refractivity contribution is 0.0937. The average molecular weight is 410 g/mol. The van der Waals surface area contributed by atoms with Crippen molar-refractivity contribution in [3.8, 4) is 5.75 Å². The number of fused-ring (bicyclic) bond motifs is 3. The Kier molecular flexibility index (Phi) is 6.55. The van der Waals surface area contributed by atoms with Crippen molar-refractivity contribution in [1.29, 1.82) is 0 Å². The van der Waals surface area contributed by atoms with Crippen LogP contribution in [0.2, 0.25) is 0 Å². The zero-order valence-corrected chi connectivity index (χ0v) is 17.7. The summed E-state index contributed by atoms with van der Waals surface area (Å²) in [6.07, 6.45) is 2.30. The normalized spacial score (nSPS) is 22.4. The van der Waals surface area contributed by atoms with Gasteiger partial charge in [0.15, 0.2) is 0 Å². The van der Waals surface area contributed by atoms with Gasteiger partial charge in [-0.2, -0.15) is 0 Å². The van der Waals surface area contributed by atoms with Gasteiger partial charge in [-0.25, -0.2) is 0 Å². The molecule has 6 heteroatoms. The fraction of sp³-hybridized carbons (Fsp3) is 0.458. The van der Waals surface area contributed by atoms with Crippen LogP contribution in [-0.2, 0) is 4.74 Å². The Morgan fingerprint density at radius 3 is 2.77 bits per heavy atom. The Balaban J connectivity index is 1.59. The minimum Gasteiger partial charge on any atom is -0.494 e. The first-order valence-corrected chi connectivity index (χ1v) is 10.8. The fourth-order valence-corrected chi connectivity index (χ4v) is 4.62. The highest BCUT2D eigenvalue weighted by molar-refractivity contribution is 5.95. The maximum atomic E-state index is 12.5. The molecule has 0 saturated carbocycles. The molecule has 2 aliphatic heterocycles. The highest BCUT2D eigenvalue weighted by atomic mass is 16.5. The van der Waals surface area contributed by atoms with E-state index in [1.54, 1.807) is 7.11 Å². The Morgan fingerprint density at radius 1 is 1.17 bits per heavy atom. The molecule has 2 heterocycles. The van der Waals surface area contributed by atoms with Crippen LogP contribution in [0, 0.1) is 5.92 Å².